The summed E-state index contributed by atoms with van der Waals surface area (Å²) < 4.78 is 0. The fourth-order valence-electron chi connectivity index (χ4n) is 2.24. The van der Waals surface area contributed by atoms with Gasteiger partial charge in [0, 0.05) is 19.3 Å². The second-order valence-corrected chi connectivity index (χ2v) is 4.66. The van der Waals surface area contributed by atoms with Gasteiger partial charge in [-0.05, 0) is 25.3 Å². The van der Waals surface area contributed by atoms with E-state index >= 15 is 0 Å². The van der Waals surface area contributed by atoms with E-state index in [1.807, 2.05) is 4.90 Å². The van der Waals surface area contributed by atoms with Crippen LogP contribution in [0.1, 0.15) is 29.8 Å². The van der Waals surface area contributed by atoms with Crippen LogP contribution in [-0.2, 0) is 4.79 Å². The Bertz CT molecular complexity index is 512. The molecule has 0 aromatic carbocycles. The molecule has 1 aromatic heterocycles. The molecule has 0 unspecified atom stereocenters. The van der Waals surface area contributed by atoms with Gasteiger partial charge in [-0.3, -0.25) is 14.9 Å². The summed E-state index contributed by atoms with van der Waals surface area (Å²) in [5.74, 6) is -1.55. The van der Waals surface area contributed by atoms with Crippen LogP contribution in [0, 0.1) is 0 Å². The standard InChI is InChI=1S/C13H18N4O3/c14-8-10(18)16-13(20)11-12(19)9(4-5-15-11)17-6-2-1-3-7-17/h4-5,19H,1-3,6-8,14H2,(H,16,18,20). The van der Waals surface area contributed by atoms with E-state index in [1.165, 1.54) is 12.6 Å². The lowest BCUT2D eigenvalue weighted by molar-refractivity contribution is -0.118. The first kappa shape index (κ1) is 14.3. The predicted octanol–water partition coefficient (Wildman–Crippen LogP) is -0.00740. The van der Waals surface area contributed by atoms with Gasteiger partial charge >= 0.3 is 0 Å². The summed E-state index contributed by atoms with van der Waals surface area (Å²) in [6.07, 6.45) is 4.72. The molecule has 108 valence electrons. The van der Waals surface area contributed by atoms with Gasteiger partial charge in [0.2, 0.25) is 5.91 Å². The summed E-state index contributed by atoms with van der Waals surface area (Å²) in [6, 6.07) is 1.67. The van der Waals surface area contributed by atoms with Crippen molar-refractivity contribution in [3.05, 3.63) is 18.0 Å². The van der Waals surface area contributed by atoms with Gasteiger partial charge in [-0.1, -0.05) is 0 Å². The van der Waals surface area contributed by atoms with E-state index < -0.39 is 11.8 Å². The average molecular weight is 278 g/mol. The predicted molar refractivity (Wildman–Crippen MR) is 73.5 cm³/mol. The lowest BCUT2D eigenvalue weighted by Crippen LogP contribution is -2.36. The third kappa shape index (κ3) is 3.05. The largest absolute Gasteiger partial charge is 0.504 e. The summed E-state index contributed by atoms with van der Waals surface area (Å²) in [4.78, 5) is 28.8. The molecule has 0 aliphatic carbocycles. The average Bonchev–Trinajstić information content (AvgIpc) is 2.48. The molecular formula is C13H18N4O3. The summed E-state index contributed by atoms with van der Waals surface area (Å²) in [5.41, 5.74) is 5.54. The molecule has 7 heteroatoms. The Morgan fingerprint density at radius 3 is 2.70 bits per heavy atom. The van der Waals surface area contributed by atoms with Gasteiger partial charge in [0.15, 0.2) is 11.4 Å². The minimum absolute atomic E-state index is 0.158. The number of imide groups is 1. The third-order valence-electron chi connectivity index (χ3n) is 3.25. The summed E-state index contributed by atoms with van der Waals surface area (Å²) in [7, 11) is 0. The van der Waals surface area contributed by atoms with Crippen molar-refractivity contribution in [2.24, 2.45) is 5.73 Å². The van der Waals surface area contributed by atoms with Gasteiger partial charge in [0.05, 0.1) is 12.2 Å². The van der Waals surface area contributed by atoms with Crippen molar-refractivity contribution >= 4 is 17.5 Å². The van der Waals surface area contributed by atoms with Gasteiger partial charge in [-0.15, -0.1) is 0 Å². The number of pyridine rings is 1. The number of aromatic nitrogens is 1. The Morgan fingerprint density at radius 1 is 1.35 bits per heavy atom. The molecule has 20 heavy (non-hydrogen) atoms. The molecule has 2 heterocycles. The number of piperidine rings is 1. The number of rotatable bonds is 3. The van der Waals surface area contributed by atoms with E-state index in [0.717, 1.165) is 25.9 Å². The monoisotopic (exact) mass is 278 g/mol. The van der Waals surface area contributed by atoms with Crippen molar-refractivity contribution in [3.63, 3.8) is 0 Å². The SMILES string of the molecule is NCC(=O)NC(=O)c1nccc(N2CCCCC2)c1O. The molecule has 0 radical (unpaired) electrons. The van der Waals surface area contributed by atoms with Gasteiger partial charge < -0.3 is 15.7 Å². The van der Waals surface area contributed by atoms with Crippen molar-refractivity contribution in [3.8, 4) is 5.75 Å². The maximum atomic E-state index is 11.8. The first-order valence-electron chi connectivity index (χ1n) is 6.60. The van der Waals surface area contributed by atoms with Crippen LogP contribution < -0.4 is 16.0 Å². The number of nitrogens with zero attached hydrogens (tertiary/aromatic N) is 2. The van der Waals surface area contributed by atoms with Crippen LogP contribution in [0.25, 0.3) is 0 Å². The molecule has 1 aromatic rings. The zero-order valence-corrected chi connectivity index (χ0v) is 11.1. The molecule has 0 bridgehead atoms. The van der Waals surface area contributed by atoms with Crippen LogP contribution >= 0.6 is 0 Å². The van der Waals surface area contributed by atoms with E-state index in [2.05, 4.69) is 10.3 Å². The van der Waals surface area contributed by atoms with E-state index in [1.54, 1.807) is 6.07 Å². The van der Waals surface area contributed by atoms with Gasteiger partial charge in [-0.2, -0.15) is 0 Å². The zero-order valence-electron chi connectivity index (χ0n) is 11.1. The molecule has 7 nitrogen and oxygen atoms in total. The lowest BCUT2D eigenvalue weighted by Gasteiger charge is -2.29. The lowest BCUT2D eigenvalue weighted by atomic mass is 10.1. The second kappa shape index (κ2) is 6.33. The molecule has 1 fully saturated rings. The highest BCUT2D eigenvalue weighted by Crippen LogP contribution is 2.31. The maximum Gasteiger partial charge on any atom is 0.280 e. The fourth-order valence-corrected chi connectivity index (χ4v) is 2.24. The molecular weight excluding hydrogens is 260 g/mol. The van der Waals surface area contributed by atoms with Crippen molar-refractivity contribution in [1.29, 1.82) is 0 Å². The van der Waals surface area contributed by atoms with Crippen LogP contribution in [0.15, 0.2) is 12.3 Å². The van der Waals surface area contributed by atoms with Crippen LogP contribution in [0.5, 0.6) is 5.75 Å². The van der Waals surface area contributed by atoms with Gasteiger partial charge in [0.25, 0.3) is 5.91 Å². The number of hydrogen-bond donors (Lipinski definition) is 3. The highest BCUT2D eigenvalue weighted by atomic mass is 16.3. The maximum absolute atomic E-state index is 11.8. The Balaban J connectivity index is 2.22. The number of nitrogens with one attached hydrogen (secondary N) is 1. The number of amides is 2. The number of carbonyl (C=O) groups is 2. The molecule has 0 spiro atoms. The van der Waals surface area contributed by atoms with Crippen LogP contribution in [0.3, 0.4) is 0 Å². The highest BCUT2D eigenvalue weighted by Gasteiger charge is 2.21. The van der Waals surface area contributed by atoms with E-state index in [9.17, 15) is 14.7 Å². The normalized spacial score (nSPS) is 14.9. The number of carbonyl (C=O) groups excluding carboxylic acids is 2. The third-order valence-corrected chi connectivity index (χ3v) is 3.25. The smallest absolute Gasteiger partial charge is 0.280 e. The molecule has 0 atom stereocenters. The molecule has 1 saturated heterocycles. The van der Waals surface area contributed by atoms with Gasteiger partial charge in [-0.25, -0.2) is 4.98 Å². The first-order chi connectivity index (χ1) is 9.63. The van der Waals surface area contributed by atoms with Crippen molar-refractivity contribution in [2.45, 2.75) is 19.3 Å². The van der Waals surface area contributed by atoms with E-state index in [4.69, 9.17) is 5.73 Å². The van der Waals surface area contributed by atoms with Crippen molar-refractivity contribution in [2.75, 3.05) is 24.5 Å². The van der Waals surface area contributed by atoms with Crippen LogP contribution in [0.2, 0.25) is 0 Å². The van der Waals surface area contributed by atoms with Crippen LogP contribution in [0.4, 0.5) is 5.69 Å². The summed E-state index contributed by atoms with van der Waals surface area (Å²) in [6.45, 7) is 1.37. The van der Waals surface area contributed by atoms with Crippen LogP contribution in [-0.4, -0.2) is 41.5 Å². The number of anilines is 1. The zero-order chi connectivity index (χ0) is 14.5. The summed E-state index contributed by atoms with van der Waals surface area (Å²) in [5, 5.41) is 12.3. The molecule has 4 N–H and O–H groups in total. The van der Waals surface area contributed by atoms with Crippen molar-refractivity contribution < 1.29 is 14.7 Å². The van der Waals surface area contributed by atoms with Gasteiger partial charge in [0.1, 0.15) is 0 Å². The molecule has 1 aliphatic heterocycles. The Kier molecular flexibility index (Phi) is 4.52. The Hall–Kier alpha value is -2.15. The first-order valence-corrected chi connectivity index (χ1v) is 6.60. The fraction of sp³-hybridized carbons (Fsp3) is 0.462. The number of aromatic hydroxyl groups is 1. The minimum atomic E-state index is -0.739. The Morgan fingerprint density at radius 2 is 2.05 bits per heavy atom. The van der Waals surface area contributed by atoms with E-state index in [0.29, 0.717) is 5.69 Å². The van der Waals surface area contributed by atoms with E-state index in [-0.39, 0.29) is 18.0 Å². The second-order valence-electron chi connectivity index (χ2n) is 4.66. The minimum Gasteiger partial charge on any atom is -0.504 e. The Labute approximate surface area is 116 Å². The highest BCUT2D eigenvalue weighted by molar-refractivity contribution is 6.06. The number of hydrogen-bond acceptors (Lipinski definition) is 6. The molecule has 2 rings (SSSR count). The summed E-state index contributed by atoms with van der Waals surface area (Å²) >= 11 is 0. The topological polar surface area (TPSA) is 109 Å². The quantitative estimate of drug-likeness (QED) is 0.717. The number of nitrogens with two attached hydrogens (primary N) is 1. The molecule has 1 aliphatic rings. The molecule has 2 amide bonds. The van der Waals surface area contributed by atoms with Crippen molar-refractivity contribution in [1.82, 2.24) is 10.3 Å². The molecule has 0 saturated carbocycles.